The zero-order valence-electron chi connectivity index (χ0n) is 38.7. The van der Waals surface area contributed by atoms with E-state index in [-0.39, 0.29) is 45.6 Å². The number of aliphatic carboxylic acids is 1. The molecule has 0 unspecified atom stereocenters. The van der Waals surface area contributed by atoms with Gasteiger partial charge in [0.05, 0.1) is 17.3 Å². The van der Waals surface area contributed by atoms with E-state index in [1.165, 1.54) is 38.5 Å². The normalized spacial score (nSPS) is 44.3. The van der Waals surface area contributed by atoms with Gasteiger partial charge < -0.3 is 19.3 Å². The van der Waals surface area contributed by atoms with E-state index in [1.807, 2.05) is 0 Å². The lowest BCUT2D eigenvalue weighted by Gasteiger charge is -2.73. The summed E-state index contributed by atoms with van der Waals surface area (Å²) in [6, 6.07) is 1.00. The minimum atomic E-state index is -1.14. The first-order valence-corrected chi connectivity index (χ1v) is 24.2. The Morgan fingerprint density at radius 2 is 1.44 bits per heavy atom. The number of esters is 1. The molecule has 2 bridgehead atoms. The molecule has 1 aromatic heterocycles. The first-order chi connectivity index (χ1) is 27.5. The van der Waals surface area contributed by atoms with Crippen LogP contribution >= 0.6 is 0 Å². The summed E-state index contributed by atoms with van der Waals surface area (Å²) in [6.07, 6.45) is 17.8. The molecule has 1 N–H and O–H groups in total. The van der Waals surface area contributed by atoms with Crippen molar-refractivity contribution >= 4 is 17.8 Å². The first-order valence-electron chi connectivity index (χ1n) is 24.2. The van der Waals surface area contributed by atoms with Gasteiger partial charge in [0.1, 0.15) is 17.8 Å². The van der Waals surface area contributed by atoms with Gasteiger partial charge in [0.2, 0.25) is 5.91 Å². The largest absolute Gasteiger partial charge is 0.481 e. The zero-order valence-corrected chi connectivity index (χ0v) is 38.7. The summed E-state index contributed by atoms with van der Waals surface area (Å²) < 4.78 is 8.69. The average Bonchev–Trinajstić information content (AvgIpc) is 3.45. The SMILES string of the molecule is Cc1nnc(C(C)C)n1[C@H]1C[C@H]2CC[C@@H](C1)N2C(=O)[C@]12CC[C@@H](C3(C)CC3)[C@@H]1[C@H]1CC[C@@H]3[C@@]4(C)CC[C@H](OC(=O)CC(C)(C)C(=O)O)C(C)(C)[C@@H]4CC[C@@]3(C)[C@]1(C)CC2. The van der Waals surface area contributed by atoms with Crippen molar-refractivity contribution in [2.75, 3.05) is 0 Å². The molecule has 9 heteroatoms. The number of aryl methyl sites for hydroxylation is 1. The molecule has 2 aliphatic heterocycles. The highest BCUT2D eigenvalue weighted by atomic mass is 16.5. The van der Waals surface area contributed by atoms with Crippen molar-refractivity contribution < 1.29 is 24.2 Å². The fourth-order valence-corrected chi connectivity index (χ4v) is 17.3. The molecule has 0 radical (unpaired) electrons. The smallest absolute Gasteiger partial charge is 0.309 e. The van der Waals surface area contributed by atoms with Gasteiger partial charge in [-0.2, -0.15) is 0 Å². The third kappa shape index (κ3) is 5.88. The minimum Gasteiger partial charge on any atom is -0.481 e. The third-order valence-corrected chi connectivity index (χ3v) is 20.9. The molecule has 8 fully saturated rings. The quantitative estimate of drug-likeness (QED) is 0.260. The Morgan fingerprint density at radius 1 is 0.763 bits per heavy atom. The van der Waals surface area contributed by atoms with Crippen molar-refractivity contribution in [1.82, 2.24) is 19.7 Å². The standard InChI is InChI=1S/C50H78N4O5/c1-29(2)41-52-51-30(3)53(41)33-26-31-12-13-32(27-33)54(31)42(56)50-21-16-34(46(8)22-23-46)40(50)35-14-15-37-47(9)19-18-38(59-39(55)28-44(4,5)43(57)58)45(6,7)36(47)17-20-49(37,11)48(35,10)24-25-50/h29,31-38,40H,12-28H2,1-11H3,(H,57,58)/t31-,32+,33+,34-,35-,36+,37-,38+,40-,47+,48-,49-,50+/m1/s1. The van der Waals surface area contributed by atoms with E-state index in [9.17, 15) is 14.7 Å². The second-order valence-electron chi connectivity index (χ2n) is 24.7. The van der Waals surface area contributed by atoms with Gasteiger partial charge in [-0.15, -0.1) is 10.2 Å². The van der Waals surface area contributed by atoms with Crippen LogP contribution in [0.3, 0.4) is 0 Å². The molecule has 6 saturated carbocycles. The van der Waals surface area contributed by atoms with Crippen LogP contribution in [0.4, 0.5) is 0 Å². The lowest BCUT2D eigenvalue weighted by Crippen LogP contribution is -2.68. The van der Waals surface area contributed by atoms with E-state index in [4.69, 9.17) is 4.74 Å². The van der Waals surface area contributed by atoms with Crippen LogP contribution < -0.4 is 0 Å². The fraction of sp³-hybridized carbons (Fsp3) is 0.900. The van der Waals surface area contributed by atoms with E-state index in [2.05, 4.69) is 82.0 Å². The predicted octanol–water partition coefficient (Wildman–Crippen LogP) is 10.7. The van der Waals surface area contributed by atoms with Gasteiger partial charge >= 0.3 is 11.9 Å². The van der Waals surface area contributed by atoms with Gasteiger partial charge in [-0.1, -0.05) is 55.4 Å². The molecule has 6 aliphatic carbocycles. The molecule has 9 nitrogen and oxygen atoms in total. The lowest BCUT2D eigenvalue weighted by atomic mass is 9.32. The Bertz CT molecular complexity index is 1870. The molecule has 1 aromatic rings. The molecule has 328 valence electrons. The average molecular weight is 815 g/mol. The van der Waals surface area contributed by atoms with Crippen LogP contribution in [0.15, 0.2) is 0 Å². The van der Waals surface area contributed by atoms with Gasteiger partial charge in [-0.3, -0.25) is 14.4 Å². The van der Waals surface area contributed by atoms with Crippen molar-refractivity contribution in [3.63, 3.8) is 0 Å². The van der Waals surface area contributed by atoms with E-state index in [0.717, 1.165) is 75.9 Å². The molecule has 0 spiro atoms. The molecule has 59 heavy (non-hydrogen) atoms. The number of hydrogen-bond donors (Lipinski definition) is 1. The van der Waals surface area contributed by atoms with Crippen LogP contribution in [0.5, 0.6) is 0 Å². The number of carbonyl (C=O) groups is 3. The summed E-state index contributed by atoms with van der Waals surface area (Å²) in [5.41, 5.74) is -0.693. The van der Waals surface area contributed by atoms with Gasteiger partial charge in [0.15, 0.2) is 0 Å². The minimum absolute atomic E-state index is 0.107. The second kappa shape index (κ2) is 13.5. The monoisotopic (exact) mass is 815 g/mol. The highest BCUT2D eigenvalue weighted by molar-refractivity contribution is 5.85. The number of ether oxygens (including phenoxy) is 1. The van der Waals surface area contributed by atoms with E-state index in [0.29, 0.717) is 65.0 Å². The molecule has 8 aliphatic rings. The topological polar surface area (TPSA) is 115 Å². The summed E-state index contributed by atoms with van der Waals surface area (Å²) in [7, 11) is 0. The number of amides is 1. The zero-order chi connectivity index (χ0) is 42.5. The Morgan fingerprint density at radius 3 is 2.07 bits per heavy atom. The molecule has 13 atom stereocenters. The highest BCUT2D eigenvalue weighted by Gasteiger charge is 2.74. The Labute approximate surface area is 355 Å². The summed E-state index contributed by atoms with van der Waals surface area (Å²) in [5, 5.41) is 18.8. The summed E-state index contributed by atoms with van der Waals surface area (Å²) in [6.45, 7) is 25.0. The van der Waals surface area contributed by atoms with Gasteiger partial charge in [0.25, 0.3) is 0 Å². The molecule has 3 heterocycles. The Balaban J connectivity index is 0.984. The molecule has 2 saturated heterocycles. The van der Waals surface area contributed by atoms with E-state index < -0.39 is 11.4 Å². The highest BCUT2D eigenvalue weighted by Crippen LogP contribution is 2.79. The van der Waals surface area contributed by atoms with Crippen molar-refractivity contribution in [1.29, 1.82) is 0 Å². The summed E-state index contributed by atoms with van der Waals surface area (Å²) in [4.78, 5) is 43.4. The summed E-state index contributed by atoms with van der Waals surface area (Å²) >= 11 is 0. The van der Waals surface area contributed by atoms with Gasteiger partial charge in [-0.05, 0) is 175 Å². The van der Waals surface area contributed by atoms with Crippen LogP contribution in [0, 0.1) is 74.4 Å². The van der Waals surface area contributed by atoms with Gasteiger partial charge in [-0.25, -0.2) is 0 Å². The number of hydrogen-bond acceptors (Lipinski definition) is 6. The maximum absolute atomic E-state index is 15.8. The third-order valence-electron chi connectivity index (χ3n) is 20.9. The van der Waals surface area contributed by atoms with Crippen molar-refractivity contribution in [2.45, 2.75) is 215 Å². The number of rotatable bonds is 8. The second-order valence-corrected chi connectivity index (χ2v) is 24.7. The van der Waals surface area contributed by atoms with E-state index in [1.54, 1.807) is 13.8 Å². The fourth-order valence-electron chi connectivity index (χ4n) is 17.3. The molecular formula is C50H78N4O5. The molecular weight excluding hydrogens is 737 g/mol. The number of piperidine rings is 1. The molecule has 0 aromatic carbocycles. The number of carboxylic acids is 1. The van der Waals surface area contributed by atoms with Crippen LogP contribution in [0.25, 0.3) is 0 Å². The Hall–Kier alpha value is -2.45. The van der Waals surface area contributed by atoms with Crippen molar-refractivity contribution in [2.24, 2.45) is 67.5 Å². The number of aromatic nitrogens is 3. The predicted molar refractivity (Wildman–Crippen MR) is 228 cm³/mol. The van der Waals surface area contributed by atoms with Crippen molar-refractivity contribution in [3.8, 4) is 0 Å². The molecule has 9 rings (SSSR count). The summed E-state index contributed by atoms with van der Waals surface area (Å²) in [5.74, 6) is 4.33. The molecule has 1 amide bonds. The van der Waals surface area contributed by atoms with Crippen LogP contribution in [-0.4, -0.2) is 60.8 Å². The lowest BCUT2D eigenvalue weighted by molar-refractivity contribution is -0.252. The van der Waals surface area contributed by atoms with Crippen LogP contribution in [-0.2, 0) is 19.1 Å². The number of carbonyl (C=O) groups excluding carboxylic acids is 2. The van der Waals surface area contributed by atoms with Crippen LogP contribution in [0.2, 0.25) is 0 Å². The van der Waals surface area contributed by atoms with Gasteiger partial charge in [0, 0.05) is 29.5 Å². The number of fused-ring (bicyclic) bond motifs is 9. The number of nitrogens with zero attached hydrogens (tertiary/aromatic N) is 4. The number of carboxylic acid groups (broad SMARTS) is 1. The first kappa shape index (κ1) is 41.9. The van der Waals surface area contributed by atoms with E-state index >= 15 is 4.79 Å². The van der Waals surface area contributed by atoms with Crippen LogP contribution in [0.1, 0.15) is 202 Å². The van der Waals surface area contributed by atoms with Crippen molar-refractivity contribution in [3.05, 3.63) is 11.6 Å². The Kier molecular flexibility index (Phi) is 9.60. The maximum atomic E-state index is 15.8. The maximum Gasteiger partial charge on any atom is 0.309 e.